The van der Waals surface area contributed by atoms with Crippen LogP contribution < -0.4 is 11.5 Å². The highest BCUT2D eigenvalue weighted by molar-refractivity contribution is 6.03. The number of anilines is 1. The van der Waals surface area contributed by atoms with Crippen LogP contribution in [0.2, 0.25) is 0 Å². The number of carbonyl (C=O) groups excluding carboxylic acids is 2. The van der Waals surface area contributed by atoms with Crippen molar-refractivity contribution >= 4 is 17.8 Å². The van der Waals surface area contributed by atoms with Gasteiger partial charge >= 0.3 is 6.09 Å². The van der Waals surface area contributed by atoms with Gasteiger partial charge in [-0.05, 0) is 65.0 Å². The van der Waals surface area contributed by atoms with Crippen molar-refractivity contribution in [2.45, 2.75) is 78.0 Å². The molecule has 0 unspecified atom stereocenters. The fourth-order valence-electron chi connectivity index (χ4n) is 5.05. The Kier molecular flexibility index (Phi) is 8.45. The molecule has 3 heterocycles. The van der Waals surface area contributed by atoms with Crippen molar-refractivity contribution in [3.63, 3.8) is 0 Å². The monoisotopic (exact) mass is 557 g/mol. The van der Waals surface area contributed by atoms with Crippen molar-refractivity contribution in [1.82, 2.24) is 24.5 Å². The van der Waals surface area contributed by atoms with Gasteiger partial charge in [-0.3, -0.25) is 9.48 Å². The van der Waals surface area contributed by atoms with E-state index in [9.17, 15) is 18.4 Å². The van der Waals surface area contributed by atoms with Crippen LogP contribution in [-0.4, -0.2) is 55.2 Å². The first-order chi connectivity index (χ1) is 18.8. The lowest BCUT2D eigenvalue weighted by atomic mass is 10.0. The van der Waals surface area contributed by atoms with Crippen LogP contribution in [0.1, 0.15) is 86.1 Å². The second kappa shape index (κ2) is 11.6. The summed E-state index contributed by atoms with van der Waals surface area (Å²) >= 11 is 0. The first kappa shape index (κ1) is 29.0. The molecule has 0 spiro atoms. The maximum absolute atomic E-state index is 13.1. The molecule has 1 aromatic carbocycles. The molecule has 12 heteroatoms. The molecule has 2 amide bonds. The van der Waals surface area contributed by atoms with Crippen molar-refractivity contribution in [2.75, 3.05) is 18.8 Å². The number of benzene rings is 1. The molecule has 10 nitrogen and oxygen atoms in total. The molecular formula is C28H37F2N7O3. The summed E-state index contributed by atoms with van der Waals surface area (Å²) < 4.78 is 35.1. The van der Waals surface area contributed by atoms with Gasteiger partial charge in [0.2, 0.25) is 0 Å². The van der Waals surface area contributed by atoms with Gasteiger partial charge in [-0.2, -0.15) is 10.2 Å². The maximum Gasteiger partial charge on any atom is 0.410 e. The Bertz CT molecular complexity index is 1370. The third-order valence-corrected chi connectivity index (χ3v) is 6.87. The van der Waals surface area contributed by atoms with Gasteiger partial charge in [0.05, 0.1) is 18.3 Å². The molecule has 1 aliphatic heterocycles. The summed E-state index contributed by atoms with van der Waals surface area (Å²) in [6, 6.07) is 6.08. The van der Waals surface area contributed by atoms with Crippen LogP contribution in [0.25, 0.3) is 11.3 Å². The standard InChI is InChI=1S/C28H37F2N7O3/c1-17-21(16-36(33-17)15-18-8-5-9-19(14-18)24(29)30)23-22(26(32)38)25(31)37(34-23)20-10-6-12-35(13-7-11-20)27(39)40-28(2,3)4/h5,8-9,14,16,20,24H,6-7,10-13,15,31H2,1-4H3,(H2,32,38). The van der Waals surface area contributed by atoms with Crippen LogP contribution in [0, 0.1) is 6.92 Å². The summed E-state index contributed by atoms with van der Waals surface area (Å²) in [5.74, 6) is -0.508. The first-order valence-electron chi connectivity index (χ1n) is 13.4. The molecule has 0 atom stereocenters. The Labute approximate surface area is 232 Å². The van der Waals surface area contributed by atoms with Crippen LogP contribution in [-0.2, 0) is 11.3 Å². The Hall–Kier alpha value is -3.96. The summed E-state index contributed by atoms with van der Waals surface area (Å²) in [7, 11) is 0. The van der Waals surface area contributed by atoms with Gasteiger partial charge in [-0.15, -0.1) is 0 Å². The van der Waals surface area contributed by atoms with Crippen molar-refractivity contribution in [3.8, 4) is 11.3 Å². The quantitative estimate of drug-likeness (QED) is 0.434. The van der Waals surface area contributed by atoms with E-state index in [2.05, 4.69) is 5.10 Å². The highest BCUT2D eigenvalue weighted by atomic mass is 19.3. The molecule has 4 rings (SSSR count). The van der Waals surface area contributed by atoms with Gasteiger partial charge in [0.15, 0.2) is 0 Å². The molecule has 0 aliphatic carbocycles. The zero-order chi connectivity index (χ0) is 29.2. The minimum Gasteiger partial charge on any atom is -0.444 e. The minimum atomic E-state index is -2.56. The van der Waals surface area contributed by atoms with Crippen molar-refractivity contribution in [3.05, 3.63) is 52.8 Å². The van der Waals surface area contributed by atoms with Crippen molar-refractivity contribution in [2.24, 2.45) is 5.73 Å². The Morgan fingerprint density at radius 2 is 1.82 bits per heavy atom. The predicted molar refractivity (Wildman–Crippen MR) is 147 cm³/mol. The van der Waals surface area contributed by atoms with E-state index >= 15 is 0 Å². The number of nitrogen functional groups attached to an aromatic ring is 1. The molecule has 40 heavy (non-hydrogen) atoms. The predicted octanol–water partition coefficient (Wildman–Crippen LogP) is 5.07. The lowest BCUT2D eigenvalue weighted by Crippen LogP contribution is -2.39. The van der Waals surface area contributed by atoms with Gasteiger partial charge < -0.3 is 21.1 Å². The number of aryl methyl sites for hydroxylation is 1. The van der Waals surface area contributed by atoms with E-state index in [-0.39, 0.29) is 35.6 Å². The lowest BCUT2D eigenvalue weighted by Gasteiger charge is -2.30. The number of halogens is 2. The van der Waals surface area contributed by atoms with E-state index in [1.807, 2.05) is 20.8 Å². The van der Waals surface area contributed by atoms with E-state index in [4.69, 9.17) is 21.3 Å². The number of hydrogen-bond donors (Lipinski definition) is 2. The molecule has 0 saturated carbocycles. The molecule has 0 radical (unpaired) electrons. The van der Waals surface area contributed by atoms with Crippen molar-refractivity contribution < 1.29 is 23.1 Å². The van der Waals surface area contributed by atoms with E-state index in [1.54, 1.807) is 39.5 Å². The van der Waals surface area contributed by atoms with Crippen LogP contribution >= 0.6 is 0 Å². The largest absolute Gasteiger partial charge is 0.444 e. The molecule has 2 aromatic heterocycles. The number of amides is 2. The number of nitrogens with two attached hydrogens (primary N) is 2. The number of hydrogen-bond acceptors (Lipinski definition) is 6. The number of primary amides is 1. The number of carbonyl (C=O) groups is 2. The first-order valence-corrected chi connectivity index (χ1v) is 13.4. The van der Waals surface area contributed by atoms with Crippen LogP contribution in [0.3, 0.4) is 0 Å². The Morgan fingerprint density at radius 3 is 2.42 bits per heavy atom. The SMILES string of the molecule is Cc1nn(Cc2cccc(C(F)F)c2)cc1-c1nn(C2CCCN(C(=O)OC(C)(C)C)CCC2)c(N)c1C(N)=O. The lowest BCUT2D eigenvalue weighted by molar-refractivity contribution is 0.0228. The highest BCUT2D eigenvalue weighted by Gasteiger charge is 2.29. The van der Waals surface area contributed by atoms with Crippen molar-refractivity contribution in [1.29, 1.82) is 0 Å². The highest BCUT2D eigenvalue weighted by Crippen LogP contribution is 2.34. The molecule has 1 aliphatic rings. The fraction of sp³-hybridized carbons (Fsp3) is 0.500. The number of ether oxygens (including phenoxy) is 1. The molecule has 1 saturated heterocycles. The smallest absolute Gasteiger partial charge is 0.410 e. The summed E-state index contributed by atoms with van der Waals surface area (Å²) in [4.78, 5) is 26.8. The maximum atomic E-state index is 13.1. The zero-order valence-electron chi connectivity index (χ0n) is 23.4. The normalized spacial score (nSPS) is 15.2. The molecule has 3 aromatic rings. The number of rotatable bonds is 6. The Morgan fingerprint density at radius 1 is 1.15 bits per heavy atom. The van der Waals surface area contributed by atoms with E-state index in [0.29, 0.717) is 61.3 Å². The average molecular weight is 558 g/mol. The number of likely N-dealkylation sites (tertiary alicyclic amines) is 1. The number of nitrogens with zero attached hydrogens (tertiary/aromatic N) is 5. The average Bonchev–Trinajstić information content (AvgIpc) is 3.37. The van der Waals surface area contributed by atoms with Gasteiger partial charge in [0.25, 0.3) is 12.3 Å². The second-order valence-corrected chi connectivity index (χ2v) is 11.2. The number of aromatic nitrogens is 4. The van der Waals surface area contributed by atoms with Gasteiger partial charge in [-0.1, -0.05) is 18.2 Å². The van der Waals surface area contributed by atoms with Gasteiger partial charge in [0, 0.05) is 30.4 Å². The molecular weight excluding hydrogens is 520 g/mol. The van der Waals surface area contributed by atoms with Crippen LogP contribution in [0.15, 0.2) is 30.5 Å². The van der Waals surface area contributed by atoms with E-state index in [0.717, 1.165) is 0 Å². The number of alkyl halides is 2. The van der Waals surface area contributed by atoms with Crippen LogP contribution in [0.5, 0.6) is 0 Å². The second-order valence-electron chi connectivity index (χ2n) is 11.2. The summed E-state index contributed by atoms with van der Waals surface area (Å²) in [6.07, 6.45) is 1.64. The van der Waals surface area contributed by atoms with E-state index in [1.165, 1.54) is 12.1 Å². The molecule has 216 valence electrons. The van der Waals surface area contributed by atoms with Gasteiger partial charge in [-0.25, -0.2) is 18.3 Å². The summed E-state index contributed by atoms with van der Waals surface area (Å²) in [5, 5.41) is 9.28. The topological polar surface area (TPSA) is 134 Å². The third-order valence-electron chi connectivity index (χ3n) is 6.87. The third kappa shape index (κ3) is 6.60. The minimum absolute atomic E-state index is 0.0578. The fourth-order valence-corrected chi connectivity index (χ4v) is 5.05. The molecule has 4 N–H and O–H groups in total. The zero-order valence-corrected chi connectivity index (χ0v) is 23.4. The van der Waals surface area contributed by atoms with E-state index < -0.39 is 17.9 Å². The summed E-state index contributed by atoms with van der Waals surface area (Å²) in [6.45, 7) is 8.66. The molecule has 1 fully saturated rings. The summed E-state index contributed by atoms with van der Waals surface area (Å²) in [5.41, 5.74) is 13.9. The van der Waals surface area contributed by atoms with Gasteiger partial charge in [0.1, 0.15) is 22.7 Å². The Balaban J connectivity index is 1.56. The van der Waals surface area contributed by atoms with Crippen LogP contribution in [0.4, 0.5) is 19.4 Å². The molecule has 0 bridgehead atoms.